The normalized spacial score (nSPS) is 14.7. The lowest BCUT2D eigenvalue weighted by Gasteiger charge is -2.17. The van der Waals surface area contributed by atoms with E-state index in [2.05, 4.69) is 5.32 Å². The van der Waals surface area contributed by atoms with Gasteiger partial charge in [0.25, 0.3) is 11.8 Å². The highest BCUT2D eigenvalue weighted by Crippen LogP contribution is 2.37. The summed E-state index contributed by atoms with van der Waals surface area (Å²) in [5, 5.41) is 2.70. The van der Waals surface area contributed by atoms with Gasteiger partial charge in [0.15, 0.2) is 0 Å². The highest BCUT2D eigenvalue weighted by molar-refractivity contribution is 6.53. The summed E-state index contributed by atoms with van der Waals surface area (Å²) in [6.45, 7) is 1.72. The number of carbonyl (C=O) groups is 2. The van der Waals surface area contributed by atoms with Gasteiger partial charge in [-0.1, -0.05) is 29.3 Å². The minimum Gasteiger partial charge on any atom is -0.495 e. The number of nitrogens with one attached hydrogen (secondary N) is 1. The van der Waals surface area contributed by atoms with Crippen LogP contribution in [-0.2, 0) is 15.8 Å². The summed E-state index contributed by atoms with van der Waals surface area (Å²) in [4.78, 5) is 25.9. The van der Waals surface area contributed by atoms with E-state index in [9.17, 15) is 22.8 Å². The third kappa shape index (κ3) is 3.90. The number of hydrogen-bond donors (Lipinski definition) is 1. The molecule has 10 heteroatoms. The lowest BCUT2D eigenvalue weighted by atomic mass is 10.2. The van der Waals surface area contributed by atoms with E-state index in [4.69, 9.17) is 27.9 Å². The summed E-state index contributed by atoms with van der Waals surface area (Å²) < 4.78 is 44.2. The van der Waals surface area contributed by atoms with Crippen LogP contribution in [0.3, 0.4) is 0 Å². The summed E-state index contributed by atoms with van der Waals surface area (Å²) in [6, 6.07) is 6.96. The number of rotatable bonds is 4. The van der Waals surface area contributed by atoms with E-state index in [1.165, 1.54) is 19.2 Å². The molecule has 0 atom stereocenters. The van der Waals surface area contributed by atoms with Gasteiger partial charge in [0, 0.05) is 11.1 Å². The first-order valence-corrected chi connectivity index (χ1v) is 8.87. The number of benzene rings is 2. The molecule has 2 amide bonds. The van der Waals surface area contributed by atoms with Crippen molar-refractivity contribution in [3.63, 3.8) is 0 Å². The van der Waals surface area contributed by atoms with Crippen molar-refractivity contribution >= 4 is 46.4 Å². The lowest BCUT2D eigenvalue weighted by molar-refractivity contribution is -0.137. The van der Waals surface area contributed by atoms with Crippen LogP contribution in [0.1, 0.15) is 11.1 Å². The Hall–Kier alpha value is -2.71. The molecule has 0 saturated carbocycles. The smallest absolute Gasteiger partial charge is 0.416 e. The van der Waals surface area contributed by atoms with Crippen LogP contribution in [0.5, 0.6) is 5.75 Å². The van der Waals surface area contributed by atoms with Crippen molar-refractivity contribution in [2.45, 2.75) is 13.1 Å². The van der Waals surface area contributed by atoms with E-state index in [1.807, 2.05) is 0 Å². The maximum atomic E-state index is 13.0. The van der Waals surface area contributed by atoms with E-state index in [-0.39, 0.29) is 17.1 Å². The Kier molecular flexibility index (Phi) is 5.51. The second-order valence-corrected chi connectivity index (χ2v) is 6.89. The zero-order chi connectivity index (χ0) is 21.5. The molecule has 2 aromatic rings. The van der Waals surface area contributed by atoms with Crippen molar-refractivity contribution in [2.24, 2.45) is 0 Å². The van der Waals surface area contributed by atoms with Gasteiger partial charge in [-0.25, -0.2) is 4.90 Å². The van der Waals surface area contributed by atoms with Crippen LogP contribution >= 0.6 is 23.2 Å². The molecule has 0 spiro atoms. The first-order chi connectivity index (χ1) is 13.5. The largest absolute Gasteiger partial charge is 0.495 e. The summed E-state index contributed by atoms with van der Waals surface area (Å²) in [5.74, 6) is -1.55. The van der Waals surface area contributed by atoms with Gasteiger partial charge in [-0.15, -0.1) is 0 Å². The minimum absolute atomic E-state index is 0.246. The number of carbonyl (C=O) groups excluding carboxylic acids is 2. The highest BCUT2D eigenvalue weighted by atomic mass is 35.5. The molecule has 1 aliphatic rings. The zero-order valence-electron chi connectivity index (χ0n) is 15.0. The van der Waals surface area contributed by atoms with Crippen molar-refractivity contribution in [1.29, 1.82) is 0 Å². The van der Waals surface area contributed by atoms with Crippen molar-refractivity contribution in [2.75, 3.05) is 17.3 Å². The van der Waals surface area contributed by atoms with Gasteiger partial charge >= 0.3 is 6.18 Å². The number of ether oxygens (including phenoxy) is 1. The predicted molar refractivity (Wildman–Crippen MR) is 103 cm³/mol. The molecule has 0 unspecified atom stereocenters. The number of imide groups is 1. The summed E-state index contributed by atoms with van der Waals surface area (Å²) in [6.07, 6.45) is -4.63. The molecule has 0 aliphatic carbocycles. The van der Waals surface area contributed by atoms with Crippen molar-refractivity contribution in [3.05, 3.63) is 63.3 Å². The van der Waals surface area contributed by atoms with E-state index >= 15 is 0 Å². The number of nitrogens with zero attached hydrogens (tertiary/aromatic N) is 1. The second-order valence-electron chi connectivity index (χ2n) is 6.11. The molecule has 1 heterocycles. The first-order valence-electron chi connectivity index (χ1n) is 8.11. The van der Waals surface area contributed by atoms with Crippen LogP contribution in [0.4, 0.5) is 24.5 Å². The van der Waals surface area contributed by atoms with Gasteiger partial charge in [0.2, 0.25) is 0 Å². The zero-order valence-corrected chi connectivity index (χ0v) is 16.5. The van der Waals surface area contributed by atoms with Gasteiger partial charge in [0.1, 0.15) is 16.5 Å². The molecular formula is C19H13Cl2F3N2O3. The second kappa shape index (κ2) is 7.61. The fourth-order valence-corrected chi connectivity index (χ4v) is 3.10. The topological polar surface area (TPSA) is 58.6 Å². The SMILES string of the molecule is COc1cc(Cl)c(C)cc1NC1=C(Cl)C(=O)N(c2cccc(C(F)(F)F)c2)C1=O. The number of methoxy groups -OCH3 is 1. The van der Waals surface area contributed by atoms with Crippen molar-refractivity contribution < 1.29 is 27.5 Å². The quantitative estimate of drug-likeness (QED) is 0.665. The predicted octanol–water partition coefficient (Wildman–Crippen LogP) is 5.11. The molecule has 0 fully saturated rings. The Morgan fingerprint density at radius 3 is 2.38 bits per heavy atom. The monoisotopic (exact) mass is 444 g/mol. The van der Waals surface area contributed by atoms with Gasteiger partial charge in [-0.3, -0.25) is 9.59 Å². The van der Waals surface area contributed by atoms with Crippen molar-refractivity contribution in [3.8, 4) is 5.75 Å². The van der Waals surface area contributed by atoms with Crippen LogP contribution in [0.25, 0.3) is 0 Å². The molecule has 0 radical (unpaired) electrons. The van der Waals surface area contributed by atoms with Crippen LogP contribution in [-0.4, -0.2) is 18.9 Å². The molecular weight excluding hydrogens is 432 g/mol. The molecule has 5 nitrogen and oxygen atoms in total. The molecule has 1 aliphatic heterocycles. The molecule has 0 saturated heterocycles. The highest BCUT2D eigenvalue weighted by Gasteiger charge is 2.40. The lowest BCUT2D eigenvalue weighted by Crippen LogP contribution is -2.32. The Bertz CT molecular complexity index is 1050. The average molecular weight is 445 g/mol. The van der Waals surface area contributed by atoms with Crippen molar-refractivity contribution in [1.82, 2.24) is 0 Å². The third-order valence-corrected chi connectivity index (χ3v) is 4.96. The summed E-state index contributed by atoms with van der Waals surface area (Å²) in [5.41, 5.74) is -0.547. The van der Waals surface area contributed by atoms with Gasteiger partial charge in [0.05, 0.1) is 24.0 Å². The van der Waals surface area contributed by atoms with Crippen LogP contribution in [0.15, 0.2) is 47.1 Å². The van der Waals surface area contributed by atoms with E-state index in [0.29, 0.717) is 27.2 Å². The number of aryl methyl sites for hydroxylation is 1. The molecule has 2 aromatic carbocycles. The number of anilines is 2. The van der Waals surface area contributed by atoms with Gasteiger partial charge in [-0.2, -0.15) is 13.2 Å². The maximum Gasteiger partial charge on any atom is 0.416 e. The van der Waals surface area contributed by atoms with Crippen LogP contribution in [0, 0.1) is 6.92 Å². The Labute approximate surface area is 173 Å². The summed E-state index contributed by atoms with van der Waals surface area (Å²) in [7, 11) is 1.39. The third-order valence-electron chi connectivity index (χ3n) is 4.20. The molecule has 1 N–H and O–H groups in total. The van der Waals surface area contributed by atoms with Crippen LogP contribution < -0.4 is 15.0 Å². The van der Waals surface area contributed by atoms with Crippen LogP contribution in [0.2, 0.25) is 5.02 Å². The molecule has 3 rings (SSSR count). The number of amides is 2. The molecule has 0 aromatic heterocycles. The Morgan fingerprint density at radius 2 is 1.76 bits per heavy atom. The average Bonchev–Trinajstić information content (AvgIpc) is 2.87. The molecule has 29 heavy (non-hydrogen) atoms. The molecule has 152 valence electrons. The maximum absolute atomic E-state index is 13.0. The number of alkyl halides is 3. The van der Waals surface area contributed by atoms with Gasteiger partial charge < -0.3 is 10.1 Å². The number of hydrogen-bond acceptors (Lipinski definition) is 4. The Morgan fingerprint density at radius 1 is 1.07 bits per heavy atom. The standard InChI is InChI=1S/C19H13Cl2F3N2O3/c1-9-6-13(14(29-2)8-12(9)20)25-16-15(21)17(27)26(18(16)28)11-5-3-4-10(7-11)19(22,23)24/h3-8,25H,1-2H3. The van der Waals surface area contributed by atoms with E-state index in [0.717, 1.165) is 12.1 Å². The summed E-state index contributed by atoms with van der Waals surface area (Å²) >= 11 is 12.1. The fourth-order valence-electron chi connectivity index (χ4n) is 2.73. The Balaban J connectivity index is 1.98. The first kappa shape index (κ1) is 21.0. The van der Waals surface area contributed by atoms with Gasteiger partial charge in [-0.05, 0) is 36.8 Å². The number of halogens is 5. The minimum atomic E-state index is -4.63. The van der Waals surface area contributed by atoms with E-state index < -0.39 is 28.6 Å². The molecule has 0 bridgehead atoms. The fraction of sp³-hybridized carbons (Fsp3) is 0.158. The van der Waals surface area contributed by atoms with E-state index in [1.54, 1.807) is 13.0 Å².